The summed E-state index contributed by atoms with van der Waals surface area (Å²) >= 11 is 0. The summed E-state index contributed by atoms with van der Waals surface area (Å²) in [6, 6.07) is 11.6. The van der Waals surface area contributed by atoms with Gasteiger partial charge in [0.05, 0.1) is 19.0 Å². The van der Waals surface area contributed by atoms with Crippen LogP contribution in [0.3, 0.4) is 0 Å². The molecule has 0 aromatic heterocycles. The van der Waals surface area contributed by atoms with Crippen LogP contribution in [-0.2, 0) is 9.53 Å². The maximum Gasteiger partial charge on any atom is 0.305 e. The molecule has 0 atom stereocenters. The Balaban J connectivity index is 1.93. The highest BCUT2D eigenvalue weighted by Crippen LogP contribution is 2.37. The first-order valence-electron chi connectivity index (χ1n) is 9.24. The largest absolute Gasteiger partial charge is 0.469 e. The number of ether oxygens (including phenoxy) is 1. The molecule has 6 nitrogen and oxygen atoms in total. The second-order valence-corrected chi connectivity index (χ2v) is 6.59. The topological polar surface area (TPSA) is 74.5 Å². The van der Waals surface area contributed by atoms with Gasteiger partial charge in [-0.2, -0.15) is 0 Å². The van der Waals surface area contributed by atoms with Gasteiger partial charge in [-0.05, 0) is 48.7 Å². The maximum absolute atomic E-state index is 13.4. The molecule has 0 spiro atoms. The van der Waals surface area contributed by atoms with Gasteiger partial charge >= 0.3 is 5.97 Å². The molecule has 0 saturated carbocycles. The summed E-state index contributed by atoms with van der Waals surface area (Å²) in [4.78, 5) is 18.0. The summed E-state index contributed by atoms with van der Waals surface area (Å²) in [6.07, 6.45) is 3.67. The third-order valence-corrected chi connectivity index (χ3v) is 4.66. The summed E-state index contributed by atoms with van der Waals surface area (Å²) < 4.78 is 18.1. The molecule has 3 rings (SSSR count). The fourth-order valence-corrected chi connectivity index (χ4v) is 3.21. The number of aliphatic imine (C=N–C) groups is 1. The highest BCUT2D eigenvalue weighted by Gasteiger charge is 2.25. The first-order valence-corrected chi connectivity index (χ1v) is 9.24. The lowest BCUT2D eigenvalue weighted by Gasteiger charge is -2.32. The van der Waals surface area contributed by atoms with E-state index in [1.54, 1.807) is 12.1 Å². The van der Waals surface area contributed by atoms with Crippen molar-refractivity contribution in [2.75, 3.05) is 12.0 Å². The molecule has 1 heterocycles. The zero-order valence-electron chi connectivity index (χ0n) is 16.1. The quantitative estimate of drug-likeness (QED) is 0.238. The Hall–Kier alpha value is -3.48. The molecule has 2 aromatic carbocycles. The molecule has 150 valence electrons. The summed E-state index contributed by atoms with van der Waals surface area (Å²) in [5, 5.41) is 11.9. The van der Waals surface area contributed by atoms with E-state index >= 15 is 0 Å². The Morgan fingerprint density at radius 2 is 2.03 bits per heavy atom. The van der Waals surface area contributed by atoms with E-state index in [4.69, 9.17) is 10.2 Å². The Morgan fingerprint density at radius 1 is 1.28 bits per heavy atom. The lowest BCUT2D eigenvalue weighted by molar-refractivity contribution is -0.140. The zero-order valence-corrected chi connectivity index (χ0v) is 16.1. The molecule has 0 fully saturated rings. The van der Waals surface area contributed by atoms with Gasteiger partial charge in [-0.1, -0.05) is 23.9 Å². The molecule has 2 aromatic rings. The van der Waals surface area contributed by atoms with E-state index in [1.807, 2.05) is 23.1 Å². The lowest BCUT2D eigenvalue weighted by atomic mass is 10.0. The predicted molar refractivity (Wildman–Crippen MR) is 111 cm³/mol. The molecule has 1 N–H and O–H groups in total. The minimum absolute atomic E-state index is 0.242. The van der Waals surface area contributed by atoms with E-state index in [-0.39, 0.29) is 11.8 Å². The standard InChI is InChI=1S/C22H22FN3O3/c1-15-19-12-7-16(14-24-28)13-20(19)25-21(5-3-4-6-22(27)29-2)26(15)18-10-8-17(23)9-11-18/h7-14,28H,1,3-6H2,2H3/b24-14+. The highest BCUT2D eigenvalue weighted by molar-refractivity contribution is 6.13. The molecule has 0 bridgehead atoms. The predicted octanol–water partition coefficient (Wildman–Crippen LogP) is 4.89. The van der Waals surface area contributed by atoms with Crippen molar-refractivity contribution in [3.63, 3.8) is 0 Å². The first kappa shape index (κ1) is 20.3. The smallest absolute Gasteiger partial charge is 0.305 e. The number of halogens is 1. The summed E-state index contributed by atoms with van der Waals surface area (Å²) in [6.45, 7) is 4.23. The van der Waals surface area contributed by atoms with Crippen molar-refractivity contribution in [3.05, 3.63) is 66.0 Å². The molecule has 7 heteroatoms. The van der Waals surface area contributed by atoms with Gasteiger partial charge in [0, 0.05) is 29.8 Å². The van der Waals surface area contributed by atoms with Crippen molar-refractivity contribution in [1.82, 2.24) is 0 Å². The molecule has 0 aliphatic carbocycles. The molecule has 0 amide bonds. The Morgan fingerprint density at radius 3 is 2.72 bits per heavy atom. The van der Waals surface area contributed by atoms with Crippen LogP contribution in [0.4, 0.5) is 15.8 Å². The van der Waals surface area contributed by atoms with Crippen LogP contribution in [0.25, 0.3) is 5.70 Å². The number of nitrogens with zero attached hydrogens (tertiary/aromatic N) is 3. The van der Waals surface area contributed by atoms with E-state index in [1.165, 1.54) is 25.5 Å². The number of anilines is 1. The van der Waals surface area contributed by atoms with E-state index in [0.29, 0.717) is 30.5 Å². The minimum atomic E-state index is -0.318. The maximum atomic E-state index is 13.4. The zero-order chi connectivity index (χ0) is 20.8. The van der Waals surface area contributed by atoms with Gasteiger partial charge in [-0.3, -0.25) is 9.69 Å². The number of rotatable bonds is 7. The minimum Gasteiger partial charge on any atom is -0.469 e. The van der Waals surface area contributed by atoms with Gasteiger partial charge < -0.3 is 9.94 Å². The summed E-state index contributed by atoms with van der Waals surface area (Å²) in [5.74, 6) is 0.187. The van der Waals surface area contributed by atoms with Gasteiger partial charge in [0.15, 0.2) is 0 Å². The average Bonchev–Trinajstić information content (AvgIpc) is 2.72. The molecule has 0 unspecified atom stereocenters. The Bertz CT molecular complexity index is 968. The number of esters is 1. The number of benzene rings is 2. The lowest BCUT2D eigenvalue weighted by Crippen LogP contribution is -2.31. The normalized spacial score (nSPS) is 13.4. The Labute approximate surface area is 168 Å². The second kappa shape index (κ2) is 9.14. The number of fused-ring (bicyclic) bond motifs is 1. The summed E-state index contributed by atoms with van der Waals surface area (Å²) in [5.41, 5.74) is 3.74. The van der Waals surface area contributed by atoms with Crippen molar-refractivity contribution in [1.29, 1.82) is 0 Å². The number of carbonyl (C=O) groups excluding carboxylic acids is 1. The third-order valence-electron chi connectivity index (χ3n) is 4.66. The van der Waals surface area contributed by atoms with Crippen molar-refractivity contribution in [3.8, 4) is 0 Å². The van der Waals surface area contributed by atoms with Gasteiger partial charge in [0.2, 0.25) is 0 Å². The van der Waals surface area contributed by atoms with Gasteiger partial charge in [-0.15, -0.1) is 0 Å². The number of amidine groups is 1. The van der Waals surface area contributed by atoms with E-state index in [9.17, 15) is 9.18 Å². The number of hydrogen-bond donors (Lipinski definition) is 1. The van der Waals surface area contributed by atoms with Crippen LogP contribution < -0.4 is 4.90 Å². The van der Waals surface area contributed by atoms with Gasteiger partial charge in [0.25, 0.3) is 0 Å². The summed E-state index contributed by atoms with van der Waals surface area (Å²) in [7, 11) is 1.37. The van der Waals surface area contributed by atoms with E-state index < -0.39 is 0 Å². The number of unbranched alkanes of at least 4 members (excludes halogenated alkanes) is 1. The fraction of sp³-hybridized carbons (Fsp3) is 0.227. The van der Waals surface area contributed by atoms with Crippen molar-refractivity contribution >= 4 is 35.1 Å². The third kappa shape index (κ3) is 4.68. The van der Waals surface area contributed by atoms with Crippen molar-refractivity contribution < 1.29 is 19.1 Å². The van der Waals surface area contributed by atoms with Crippen LogP contribution in [0.2, 0.25) is 0 Å². The number of carbonyl (C=O) groups is 1. The first-order chi connectivity index (χ1) is 14.0. The highest BCUT2D eigenvalue weighted by atomic mass is 19.1. The second-order valence-electron chi connectivity index (χ2n) is 6.59. The molecule has 1 aliphatic heterocycles. The van der Waals surface area contributed by atoms with Crippen molar-refractivity contribution in [2.24, 2.45) is 10.1 Å². The van der Waals surface area contributed by atoms with Crippen LogP contribution in [-0.4, -0.2) is 30.3 Å². The van der Waals surface area contributed by atoms with Gasteiger partial charge in [0.1, 0.15) is 11.7 Å². The average molecular weight is 395 g/mol. The van der Waals surface area contributed by atoms with Crippen LogP contribution in [0.1, 0.15) is 36.8 Å². The molecular weight excluding hydrogens is 373 g/mol. The van der Waals surface area contributed by atoms with Crippen molar-refractivity contribution in [2.45, 2.75) is 25.7 Å². The SMILES string of the molecule is C=C1c2ccc(/C=N/O)cc2N=C(CCCCC(=O)OC)N1c1ccc(F)cc1. The molecule has 29 heavy (non-hydrogen) atoms. The van der Waals surface area contributed by atoms with Gasteiger partial charge in [-0.25, -0.2) is 9.38 Å². The van der Waals surface area contributed by atoms with Crippen LogP contribution >= 0.6 is 0 Å². The molecule has 1 aliphatic rings. The number of methoxy groups -OCH3 is 1. The van der Waals surface area contributed by atoms with Crippen LogP contribution in [0, 0.1) is 5.82 Å². The molecular formula is C22H22FN3O3. The van der Waals surface area contributed by atoms with E-state index in [0.717, 1.165) is 29.2 Å². The monoisotopic (exact) mass is 395 g/mol. The number of oxime groups is 1. The van der Waals surface area contributed by atoms with Crippen LogP contribution in [0.15, 0.2) is 59.2 Å². The molecule has 0 saturated heterocycles. The van der Waals surface area contributed by atoms with E-state index in [2.05, 4.69) is 16.5 Å². The number of hydrogen-bond acceptors (Lipinski definition) is 6. The van der Waals surface area contributed by atoms with Crippen LogP contribution in [0.5, 0.6) is 0 Å². The fourth-order valence-electron chi connectivity index (χ4n) is 3.21. The Kier molecular flexibility index (Phi) is 6.39. The molecule has 0 radical (unpaired) electrons.